The van der Waals surface area contributed by atoms with Gasteiger partial charge in [0.2, 0.25) is 10.0 Å². The molecule has 0 aliphatic heterocycles. The van der Waals surface area contributed by atoms with Gasteiger partial charge in [-0.15, -0.1) is 0 Å². The molecular weight excluding hydrogens is 444 g/mol. The number of ether oxygens (including phenoxy) is 2. The number of carbonyl (C=O) groups is 2. The summed E-state index contributed by atoms with van der Waals surface area (Å²) in [5.41, 5.74) is 0.686. The fraction of sp³-hybridized carbons (Fsp3) is 0.333. The van der Waals surface area contributed by atoms with Crippen LogP contribution in [0.25, 0.3) is 0 Å². The SMILES string of the molecule is CCCCNC(=O)COC(=O)c1ccc(OC)c(S(=O)(=O)NCc2ccc(Cl)cc2)c1. The molecule has 0 aliphatic carbocycles. The fourth-order valence-corrected chi connectivity index (χ4v) is 3.88. The summed E-state index contributed by atoms with van der Waals surface area (Å²) in [5, 5.41) is 3.17. The second-order valence-corrected chi connectivity index (χ2v) is 8.77. The Morgan fingerprint density at radius 2 is 1.81 bits per heavy atom. The first-order valence-electron chi connectivity index (χ1n) is 9.62. The van der Waals surface area contributed by atoms with E-state index in [9.17, 15) is 18.0 Å². The zero-order valence-electron chi connectivity index (χ0n) is 17.3. The number of benzene rings is 2. The first kappa shape index (κ1) is 24.6. The number of nitrogens with one attached hydrogen (secondary N) is 2. The van der Waals surface area contributed by atoms with Gasteiger partial charge in [-0.1, -0.05) is 37.1 Å². The molecule has 0 radical (unpaired) electrons. The molecule has 0 bridgehead atoms. The van der Waals surface area contributed by atoms with Crippen molar-refractivity contribution in [2.75, 3.05) is 20.3 Å². The first-order valence-corrected chi connectivity index (χ1v) is 11.5. The van der Waals surface area contributed by atoms with Crippen LogP contribution in [0.4, 0.5) is 0 Å². The minimum absolute atomic E-state index is 0.0194. The maximum Gasteiger partial charge on any atom is 0.338 e. The Bertz CT molecular complexity index is 1010. The number of unbranched alkanes of at least 4 members (excludes halogenated alkanes) is 1. The third kappa shape index (κ3) is 7.54. The van der Waals surface area contributed by atoms with E-state index in [1.807, 2.05) is 6.92 Å². The van der Waals surface area contributed by atoms with E-state index in [1.54, 1.807) is 24.3 Å². The molecule has 2 rings (SSSR count). The normalized spacial score (nSPS) is 11.1. The van der Waals surface area contributed by atoms with Crippen LogP contribution in [0.3, 0.4) is 0 Å². The maximum atomic E-state index is 12.8. The van der Waals surface area contributed by atoms with E-state index in [0.29, 0.717) is 17.1 Å². The monoisotopic (exact) mass is 468 g/mol. The van der Waals surface area contributed by atoms with Gasteiger partial charge in [0.15, 0.2) is 6.61 Å². The Kier molecular flexibility index (Phi) is 9.29. The van der Waals surface area contributed by atoms with Gasteiger partial charge in [-0.2, -0.15) is 0 Å². The molecule has 0 saturated heterocycles. The second kappa shape index (κ2) is 11.7. The first-order chi connectivity index (χ1) is 14.8. The van der Waals surface area contributed by atoms with Crippen molar-refractivity contribution >= 4 is 33.5 Å². The number of amides is 1. The molecule has 8 nitrogen and oxygen atoms in total. The average molecular weight is 469 g/mol. The van der Waals surface area contributed by atoms with E-state index in [0.717, 1.165) is 18.9 Å². The third-order valence-corrected chi connectivity index (χ3v) is 5.93. The van der Waals surface area contributed by atoms with Gasteiger partial charge in [-0.3, -0.25) is 4.79 Å². The van der Waals surface area contributed by atoms with Crippen LogP contribution < -0.4 is 14.8 Å². The van der Waals surface area contributed by atoms with Crippen molar-refractivity contribution in [3.63, 3.8) is 0 Å². The van der Waals surface area contributed by atoms with Gasteiger partial charge in [0.25, 0.3) is 5.91 Å². The topological polar surface area (TPSA) is 111 Å². The maximum absolute atomic E-state index is 12.8. The van der Waals surface area contributed by atoms with Crippen molar-refractivity contribution < 1.29 is 27.5 Å². The van der Waals surface area contributed by atoms with Crippen LogP contribution in [0.1, 0.15) is 35.7 Å². The second-order valence-electron chi connectivity index (χ2n) is 6.60. The molecule has 1 amide bonds. The van der Waals surface area contributed by atoms with Gasteiger partial charge < -0.3 is 14.8 Å². The van der Waals surface area contributed by atoms with E-state index >= 15 is 0 Å². The minimum atomic E-state index is -4.01. The predicted octanol–water partition coefficient (Wildman–Crippen LogP) is 2.90. The van der Waals surface area contributed by atoms with Crippen molar-refractivity contribution in [2.24, 2.45) is 0 Å². The number of halogens is 1. The van der Waals surface area contributed by atoms with Crippen molar-refractivity contribution in [1.82, 2.24) is 10.0 Å². The van der Waals surface area contributed by atoms with Crippen LogP contribution >= 0.6 is 11.6 Å². The summed E-state index contributed by atoms with van der Waals surface area (Å²) in [6.07, 6.45) is 1.75. The summed E-state index contributed by atoms with van der Waals surface area (Å²) >= 11 is 5.84. The lowest BCUT2D eigenvalue weighted by Gasteiger charge is -2.12. The lowest BCUT2D eigenvalue weighted by molar-refractivity contribution is -0.124. The Hall–Kier alpha value is -2.62. The van der Waals surface area contributed by atoms with Crippen LogP contribution in [0.15, 0.2) is 47.4 Å². The number of rotatable bonds is 11. The zero-order valence-corrected chi connectivity index (χ0v) is 18.9. The van der Waals surface area contributed by atoms with E-state index < -0.39 is 28.5 Å². The Morgan fingerprint density at radius 1 is 1.10 bits per heavy atom. The van der Waals surface area contributed by atoms with Crippen LogP contribution in [0.2, 0.25) is 5.02 Å². The van der Waals surface area contributed by atoms with Crippen LogP contribution in [-0.4, -0.2) is 40.6 Å². The standard InChI is InChI=1S/C21H25ClN2O6S/c1-3-4-11-23-20(25)14-30-21(26)16-7-10-18(29-2)19(12-16)31(27,28)24-13-15-5-8-17(22)9-6-15/h5-10,12,24H,3-4,11,13-14H2,1-2H3,(H,23,25). The molecule has 0 atom stereocenters. The summed E-state index contributed by atoms with van der Waals surface area (Å²) in [6.45, 7) is 2.06. The van der Waals surface area contributed by atoms with E-state index in [-0.39, 0.29) is 22.8 Å². The van der Waals surface area contributed by atoms with E-state index in [1.165, 1.54) is 19.2 Å². The Balaban J connectivity index is 2.10. The zero-order chi connectivity index (χ0) is 22.9. The molecule has 0 saturated carbocycles. The number of hydrogen-bond donors (Lipinski definition) is 2. The summed E-state index contributed by atoms with van der Waals surface area (Å²) in [4.78, 5) is 23.8. The molecule has 0 spiro atoms. The molecule has 2 aromatic carbocycles. The number of hydrogen-bond acceptors (Lipinski definition) is 6. The molecular formula is C21H25ClN2O6S. The quantitative estimate of drug-likeness (QED) is 0.387. The fourth-order valence-electron chi connectivity index (χ4n) is 2.54. The predicted molar refractivity (Wildman–Crippen MR) is 117 cm³/mol. The van der Waals surface area contributed by atoms with Crippen molar-refractivity contribution in [3.05, 3.63) is 58.6 Å². The van der Waals surface area contributed by atoms with Gasteiger partial charge in [0, 0.05) is 18.1 Å². The number of sulfonamides is 1. The molecule has 0 aromatic heterocycles. The minimum Gasteiger partial charge on any atom is -0.495 e. The number of methoxy groups -OCH3 is 1. The van der Waals surface area contributed by atoms with Crippen LogP contribution in [0, 0.1) is 0 Å². The molecule has 31 heavy (non-hydrogen) atoms. The van der Waals surface area contributed by atoms with Gasteiger partial charge in [0.1, 0.15) is 10.6 Å². The van der Waals surface area contributed by atoms with Gasteiger partial charge in [-0.25, -0.2) is 17.9 Å². The highest BCUT2D eigenvalue weighted by atomic mass is 35.5. The smallest absolute Gasteiger partial charge is 0.338 e. The number of esters is 1. The van der Waals surface area contributed by atoms with Crippen molar-refractivity contribution in [2.45, 2.75) is 31.2 Å². The highest BCUT2D eigenvalue weighted by Gasteiger charge is 2.22. The van der Waals surface area contributed by atoms with Crippen LogP contribution in [0.5, 0.6) is 5.75 Å². The molecule has 0 heterocycles. The molecule has 168 valence electrons. The highest BCUT2D eigenvalue weighted by molar-refractivity contribution is 7.89. The molecule has 2 aromatic rings. The third-order valence-electron chi connectivity index (χ3n) is 4.26. The van der Waals surface area contributed by atoms with Gasteiger partial charge >= 0.3 is 5.97 Å². The summed E-state index contributed by atoms with van der Waals surface area (Å²) in [7, 11) is -2.68. The molecule has 0 aliphatic rings. The van der Waals surface area contributed by atoms with Crippen molar-refractivity contribution in [3.8, 4) is 5.75 Å². The van der Waals surface area contributed by atoms with E-state index in [4.69, 9.17) is 21.1 Å². The Morgan fingerprint density at radius 3 is 2.45 bits per heavy atom. The van der Waals surface area contributed by atoms with Crippen LogP contribution in [-0.2, 0) is 26.1 Å². The number of carbonyl (C=O) groups excluding carboxylic acids is 2. The summed E-state index contributed by atoms with van der Waals surface area (Å²) in [5.74, 6) is -1.17. The largest absolute Gasteiger partial charge is 0.495 e. The molecule has 0 unspecified atom stereocenters. The molecule has 0 fully saturated rings. The average Bonchev–Trinajstić information content (AvgIpc) is 2.76. The summed E-state index contributed by atoms with van der Waals surface area (Å²) in [6, 6.07) is 10.6. The molecule has 2 N–H and O–H groups in total. The van der Waals surface area contributed by atoms with E-state index in [2.05, 4.69) is 10.0 Å². The van der Waals surface area contributed by atoms with Gasteiger partial charge in [-0.05, 0) is 42.3 Å². The lowest BCUT2D eigenvalue weighted by atomic mass is 10.2. The van der Waals surface area contributed by atoms with Crippen molar-refractivity contribution in [1.29, 1.82) is 0 Å². The Labute approximate surface area is 186 Å². The van der Waals surface area contributed by atoms with Gasteiger partial charge in [0.05, 0.1) is 12.7 Å². The summed E-state index contributed by atoms with van der Waals surface area (Å²) < 4.78 is 38.2. The molecule has 10 heteroatoms. The highest BCUT2D eigenvalue weighted by Crippen LogP contribution is 2.25. The lowest BCUT2D eigenvalue weighted by Crippen LogP contribution is -2.29.